The molecule has 4 heteroatoms. The number of hydrogen-bond acceptors (Lipinski definition) is 2. The molecule has 0 spiro atoms. The molecule has 4 nitrogen and oxygen atoms in total. The largest absolute Gasteiger partial charge is 0.357 e. The Morgan fingerprint density at radius 2 is 1.57 bits per heavy atom. The lowest BCUT2D eigenvalue weighted by atomic mass is 9.99. The minimum absolute atomic E-state index is 0.876. The van der Waals surface area contributed by atoms with Crippen LogP contribution in [0.2, 0.25) is 0 Å². The lowest BCUT2D eigenvalue weighted by molar-refractivity contribution is 0.190. The van der Waals surface area contributed by atoms with Crippen LogP contribution in [0.25, 0.3) is 0 Å². The molecule has 0 radical (unpaired) electrons. The molecule has 0 aromatic heterocycles. The van der Waals surface area contributed by atoms with E-state index in [1.807, 2.05) is 0 Å². The average molecular weight is 323 g/mol. The number of unbranched alkanes of at least 4 members (excludes halogenated alkanes) is 1. The Kier molecular flexibility index (Phi) is 8.21. The maximum absolute atomic E-state index is 4.87. The first-order valence-corrected chi connectivity index (χ1v) is 9.94. The van der Waals surface area contributed by atoms with Gasteiger partial charge in [0.2, 0.25) is 0 Å². The van der Waals surface area contributed by atoms with Crippen LogP contribution in [0.4, 0.5) is 0 Å². The Morgan fingerprint density at radius 1 is 0.957 bits per heavy atom. The second kappa shape index (κ2) is 10.2. The van der Waals surface area contributed by atoms with Gasteiger partial charge in [-0.1, -0.05) is 13.8 Å². The van der Waals surface area contributed by atoms with Crippen LogP contribution in [0.15, 0.2) is 4.99 Å². The van der Waals surface area contributed by atoms with Gasteiger partial charge in [-0.2, -0.15) is 0 Å². The van der Waals surface area contributed by atoms with E-state index in [2.05, 4.69) is 35.9 Å². The molecule has 2 aliphatic rings. The molecule has 0 bridgehead atoms. The van der Waals surface area contributed by atoms with Crippen LogP contribution in [0.5, 0.6) is 0 Å². The maximum Gasteiger partial charge on any atom is 0.193 e. The zero-order chi connectivity index (χ0) is 16.5. The summed E-state index contributed by atoms with van der Waals surface area (Å²) in [7, 11) is 0. The van der Waals surface area contributed by atoms with Gasteiger partial charge >= 0.3 is 0 Å². The van der Waals surface area contributed by atoms with E-state index in [1.54, 1.807) is 0 Å². The van der Waals surface area contributed by atoms with Gasteiger partial charge in [-0.25, -0.2) is 0 Å². The molecule has 2 aliphatic heterocycles. The molecule has 2 heterocycles. The fraction of sp³-hybridized carbons (Fsp3) is 0.947. The highest BCUT2D eigenvalue weighted by atomic mass is 15.3. The first kappa shape index (κ1) is 18.6. The fourth-order valence-corrected chi connectivity index (χ4v) is 3.56. The van der Waals surface area contributed by atoms with Crippen LogP contribution in [0.1, 0.15) is 59.3 Å². The summed E-state index contributed by atoms with van der Waals surface area (Å²) in [5, 5.41) is 3.48. The summed E-state index contributed by atoms with van der Waals surface area (Å²) in [5.74, 6) is 2.96. The van der Waals surface area contributed by atoms with Gasteiger partial charge in [0.05, 0.1) is 0 Å². The van der Waals surface area contributed by atoms with E-state index in [0.717, 1.165) is 30.9 Å². The Morgan fingerprint density at radius 3 is 2.17 bits per heavy atom. The number of rotatable bonds is 6. The number of likely N-dealkylation sites (tertiary alicyclic amines) is 2. The van der Waals surface area contributed by atoms with Crippen molar-refractivity contribution < 1.29 is 0 Å². The zero-order valence-electron chi connectivity index (χ0n) is 15.7. The third kappa shape index (κ3) is 6.70. The summed E-state index contributed by atoms with van der Waals surface area (Å²) in [6, 6.07) is 0. The molecule has 0 atom stereocenters. The fourth-order valence-electron chi connectivity index (χ4n) is 3.56. The summed E-state index contributed by atoms with van der Waals surface area (Å²) in [4.78, 5) is 9.96. The van der Waals surface area contributed by atoms with Crippen molar-refractivity contribution in [3.8, 4) is 0 Å². The van der Waals surface area contributed by atoms with Gasteiger partial charge in [-0.15, -0.1) is 0 Å². The van der Waals surface area contributed by atoms with Gasteiger partial charge < -0.3 is 15.1 Å². The third-order valence-corrected chi connectivity index (χ3v) is 5.44. The Hall–Kier alpha value is -0.770. The molecule has 0 unspecified atom stereocenters. The van der Waals surface area contributed by atoms with Crippen molar-refractivity contribution in [3.63, 3.8) is 0 Å². The molecule has 0 aliphatic carbocycles. The van der Waals surface area contributed by atoms with E-state index in [-0.39, 0.29) is 0 Å². The number of guanidine groups is 1. The van der Waals surface area contributed by atoms with Crippen molar-refractivity contribution in [2.24, 2.45) is 16.8 Å². The highest BCUT2D eigenvalue weighted by Crippen LogP contribution is 2.17. The normalized spacial score (nSPS) is 22.6. The minimum atomic E-state index is 0.876. The smallest absolute Gasteiger partial charge is 0.193 e. The van der Waals surface area contributed by atoms with E-state index in [1.165, 1.54) is 71.2 Å². The predicted octanol–water partition coefficient (Wildman–Crippen LogP) is 3.20. The number of piperidine rings is 2. The summed E-state index contributed by atoms with van der Waals surface area (Å²) in [6.45, 7) is 15.1. The molecule has 134 valence electrons. The Bertz CT molecular complexity index is 339. The van der Waals surface area contributed by atoms with Crippen molar-refractivity contribution in [1.29, 1.82) is 0 Å². The third-order valence-electron chi connectivity index (χ3n) is 5.44. The van der Waals surface area contributed by atoms with Crippen LogP contribution in [-0.4, -0.2) is 61.6 Å². The zero-order valence-corrected chi connectivity index (χ0v) is 15.7. The second-order valence-corrected chi connectivity index (χ2v) is 7.64. The minimum Gasteiger partial charge on any atom is -0.357 e. The topological polar surface area (TPSA) is 30.9 Å². The van der Waals surface area contributed by atoms with Crippen molar-refractivity contribution in [1.82, 2.24) is 15.1 Å². The number of nitrogens with zero attached hydrogens (tertiary/aromatic N) is 3. The van der Waals surface area contributed by atoms with E-state index in [4.69, 9.17) is 4.99 Å². The molecule has 2 fully saturated rings. The lowest BCUT2D eigenvalue weighted by Crippen LogP contribution is -2.45. The van der Waals surface area contributed by atoms with Crippen LogP contribution < -0.4 is 5.32 Å². The number of hydrogen-bond donors (Lipinski definition) is 1. The Balaban J connectivity index is 1.65. The van der Waals surface area contributed by atoms with Gasteiger partial charge in [0.25, 0.3) is 0 Å². The molecule has 1 N–H and O–H groups in total. The maximum atomic E-state index is 4.87. The number of aliphatic imine (C=N–C) groups is 1. The van der Waals surface area contributed by atoms with Crippen LogP contribution >= 0.6 is 0 Å². The molecule has 0 amide bonds. The number of nitrogens with one attached hydrogen (secondary N) is 1. The van der Waals surface area contributed by atoms with Gasteiger partial charge in [-0.3, -0.25) is 4.99 Å². The molecule has 23 heavy (non-hydrogen) atoms. The van der Waals surface area contributed by atoms with Gasteiger partial charge in [0, 0.05) is 26.2 Å². The molecular formula is C19H38N4. The van der Waals surface area contributed by atoms with E-state index >= 15 is 0 Å². The molecule has 0 saturated carbocycles. The first-order chi connectivity index (χ1) is 11.2. The van der Waals surface area contributed by atoms with Crippen molar-refractivity contribution in [2.45, 2.75) is 59.3 Å². The summed E-state index contributed by atoms with van der Waals surface area (Å²) < 4.78 is 0. The summed E-state index contributed by atoms with van der Waals surface area (Å²) >= 11 is 0. The average Bonchev–Trinajstić information content (AvgIpc) is 2.56. The SMILES string of the molecule is CCNC(=NCCCCN1CCC(C)CC1)N1CCC(C)CC1. The highest BCUT2D eigenvalue weighted by Gasteiger charge is 2.18. The molecular weight excluding hydrogens is 284 g/mol. The molecule has 2 saturated heterocycles. The van der Waals surface area contributed by atoms with Gasteiger partial charge in [-0.05, 0) is 76.9 Å². The van der Waals surface area contributed by atoms with Crippen molar-refractivity contribution in [2.75, 3.05) is 45.8 Å². The second-order valence-electron chi connectivity index (χ2n) is 7.64. The quantitative estimate of drug-likeness (QED) is 0.463. The van der Waals surface area contributed by atoms with Crippen LogP contribution in [0, 0.1) is 11.8 Å². The van der Waals surface area contributed by atoms with Crippen molar-refractivity contribution >= 4 is 5.96 Å². The summed E-state index contributed by atoms with van der Waals surface area (Å²) in [6.07, 6.45) is 7.88. The molecule has 0 aromatic carbocycles. The van der Waals surface area contributed by atoms with Gasteiger partial charge in [0.15, 0.2) is 5.96 Å². The van der Waals surface area contributed by atoms with E-state index in [0.29, 0.717) is 0 Å². The standard InChI is InChI=1S/C19H38N4/c1-4-20-19(23-15-9-18(3)10-16-23)21-11-5-6-12-22-13-7-17(2)8-14-22/h17-18H,4-16H2,1-3H3,(H,20,21). The Labute approximate surface area is 143 Å². The van der Waals surface area contributed by atoms with Crippen molar-refractivity contribution in [3.05, 3.63) is 0 Å². The van der Waals surface area contributed by atoms with Crippen LogP contribution in [0.3, 0.4) is 0 Å². The lowest BCUT2D eigenvalue weighted by Gasteiger charge is -2.33. The summed E-state index contributed by atoms with van der Waals surface area (Å²) in [5.41, 5.74) is 0. The monoisotopic (exact) mass is 322 g/mol. The highest BCUT2D eigenvalue weighted by molar-refractivity contribution is 5.80. The van der Waals surface area contributed by atoms with Gasteiger partial charge in [0.1, 0.15) is 0 Å². The van der Waals surface area contributed by atoms with Crippen LogP contribution in [-0.2, 0) is 0 Å². The molecule has 0 aromatic rings. The van der Waals surface area contributed by atoms with E-state index < -0.39 is 0 Å². The van der Waals surface area contributed by atoms with E-state index in [9.17, 15) is 0 Å². The predicted molar refractivity (Wildman–Crippen MR) is 100 cm³/mol. The molecule has 2 rings (SSSR count). The first-order valence-electron chi connectivity index (χ1n) is 9.94.